The monoisotopic (exact) mass is 394 g/mol. The summed E-state index contributed by atoms with van der Waals surface area (Å²) in [5.41, 5.74) is 3.40. The van der Waals surface area contributed by atoms with Gasteiger partial charge in [-0.15, -0.1) is 10.2 Å². The number of amides is 1. The molecule has 2 aromatic carbocycles. The highest BCUT2D eigenvalue weighted by Gasteiger charge is 2.17. The van der Waals surface area contributed by atoms with Crippen LogP contribution in [-0.4, -0.2) is 37.9 Å². The normalized spacial score (nSPS) is 10.8. The van der Waals surface area contributed by atoms with E-state index >= 15 is 0 Å². The Balaban J connectivity index is 1.64. The molecular weight excluding hydrogens is 368 g/mol. The molecule has 0 N–H and O–H groups in total. The van der Waals surface area contributed by atoms with E-state index in [9.17, 15) is 4.79 Å². The summed E-state index contributed by atoms with van der Waals surface area (Å²) >= 11 is 1.44. The molecule has 1 heterocycles. The number of aromatic nitrogens is 3. The number of carbonyl (C=O) groups is 1. The fourth-order valence-electron chi connectivity index (χ4n) is 2.97. The first-order valence-electron chi connectivity index (χ1n) is 9.49. The molecule has 0 atom stereocenters. The highest BCUT2D eigenvalue weighted by Crippen LogP contribution is 2.23. The van der Waals surface area contributed by atoms with Crippen LogP contribution in [0.2, 0.25) is 0 Å². The van der Waals surface area contributed by atoms with Gasteiger partial charge in [0, 0.05) is 25.7 Å². The van der Waals surface area contributed by atoms with E-state index in [4.69, 9.17) is 0 Å². The first-order chi connectivity index (χ1) is 13.6. The second kappa shape index (κ2) is 9.55. The van der Waals surface area contributed by atoms with Crippen LogP contribution in [0, 0.1) is 6.92 Å². The summed E-state index contributed by atoms with van der Waals surface area (Å²) in [6.07, 6.45) is 0.935. The molecule has 0 fully saturated rings. The summed E-state index contributed by atoms with van der Waals surface area (Å²) in [5, 5.41) is 9.31. The SMILES string of the molecule is CCCN(Cc1ccc(C)cc1)C(=O)CSc1nnc(-c2ccccc2)n1C. The third-order valence-corrected chi connectivity index (χ3v) is 5.54. The largest absolute Gasteiger partial charge is 0.338 e. The van der Waals surface area contributed by atoms with Gasteiger partial charge in [-0.25, -0.2) is 0 Å². The van der Waals surface area contributed by atoms with Crippen LogP contribution in [0.25, 0.3) is 11.4 Å². The average Bonchev–Trinajstić information content (AvgIpc) is 3.08. The molecule has 3 rings (SSSR count). The van der Waals surface area contributed by atoms with Crippen molar-refractivity contribution in [2.24, 2.45) is 7.05 Å². The maximum Gasteiger partial charge on any atom is 0.233 e. The van der Waals surface area contributed by atoms with Crippen molar-refractivity contribution >= 4 is 17.7 Å². The van der Waals surface area contributed by atoms with Gasteiger partial charge >= 0.3 is 0 Å². The van der Waals surface area contributed by atoms with Crippen LogP contribution in [0.5, 0.6) is 0 Å². The van der Waals surface area contributed by atoms with E-state index in [0.717, 1.165) is 35.1 Å². The Morgan fingerprint density at radius 1 is 1.07 bits per heavy atom. The van der Waals surface area contributed by atoms with Crippen molar-refractivity contribution < 1.29 is 4.79 Å². The molecule has 1 amide bonds. The third kappa shape index (κ3) is 5.01. The molecule has 0 radical (unpaired) electrons. The Hall–Kier alpha value is -2.60. The fraction of sp³-hybridized carbons (Fsp3) is 0.318. The van der Waals surface area contributed by atoms with Gasteiger partial charge in [0.25, 0.3) is 0 Å². The van der Waals surface area contributed by atoms with Gasteiger partial charge in [-0.2, -0.15) is 0 Å². The van der Waals surface area contributed by atoms with Gasteiger partial charge in [-0.3, -0.25) is 4.79 Å². The Morgan fingerprint density at radius 2 is 1.79 bits per heavy atom. The molecule has 0 bridgehead atoms. The lowest BCUT2D eigenvalue weighted by atomic mass is 10.1. The van der Waals surface area contributed by atoms with Crippen LogP contribution >= 0.6 is 11.8 Å². The minimum atomic E-state index is 0.122. The van der Waals surface area contributed by atoms with Gasteiger partial charge in [0.2, 0.25) is 5.91 Å². The predicted molar refractivity (Wildman–Crippen MR) is 114 cm³/mol. The quantitative estimate of drug-likeness (QED) is 0.534. The van der Waals surface area contributed by atoms with E-state index in [1.54, 1.807) is 0 Å². The zero-order chi connectivity index (χ0) is 19.9. The van der Waals surface area contributed by atoms with Crippen LogP contribution in [-0.2, 0) is 18.4 Å². The van der Waals surface area contributed by atoms with Crippen LogP contribution in [0.3, 0.4) is 0 Å². The molecule has 0 aliphatic rings. The van der Waals surface area contributed by atoms with Crippen molar-refractivity contribution in [1.29, 1.82) is 0 Å². The van der Waals surface area contributed by atoms with E-state index < -0.39 is 0 Å². The van der Waals surface area contributed by atoms with Gasteiger partial charge in [0.05, 0.1) is 5.75 Å². The van der Waals surface area contributed by atoms with Gasteiger partial charge in [-0.05, 0) is 18.9 Å². The number of hydrogen-bond donors (Lipinski definition) is 0. The molecule has 0 aliphatic carbocycles. The Labute approximate surface area is 170 Å². The van der Waals surface area contributed by atoms with E-state index in [-0.39, 0.29) is 5.91 Å². The maximum absolute atomic E-state index is 12.8. The number of aryl methyl sites for hydroxylation is 1. The lowest BCUT2D eigenvalue weighted by Crippen LogP contribution is -2.32. The summed E-state index contributed by atoms with van der Waals surface area (Å²) in [6, 6.07) is 18.3. The van der Waals surface area contributed by atoms with E-state index in [1.807, 2.05) is 46.8 Å². The van der Waals surface area contributed by atoms with Gasteiger partial charge < -0.3 is 9.47 Å². The Kier molecular flexibility index (Phi) is 6.87. The van der Waals surface area contributed by atoms with Crippen LogP contribution < -0.4 is 0 Å². The number of hydrogen-bond acceptors (Lipinski definition) is 4. The second-order valence-corrected chi connectivity index (χ2v) is 7.76. The molecule has 0 aliphatic heterocycles. The smallest absolute Gasteiger partial charge is 0.233 e. The molecule has 1 aromatic heterocycles. The first-order valence-corrected chi connectivity index (χ1v) is 10.5. The van der Waals surface area contributed by atoms with Gasteiger partial charge in [-0.1, -0.05) is 78.8 Å². The summed E-state index contributed by atoms with van der Waals surface area (Å²) in [5.74, 6) is 1.28. The zero-order valence-electron chi connectivity index (χ0n) is 16.6. The van der Waals surface area contributed by atoms with E-state index in [0.29, 0.717) is 12.3 Å². The van der Waals surface area contributed by atoms with Crippen LogP contribution in [0.15, 0.2) is 59.8 Å². The standard InChI is InChI=1S/C22H26N4OS/c1-4-14-26(15-18-12-10-17(2)11-13-18)20(27)16-28-22-24-23-21(25(22)3)19-8-6-5-7-9-19/h5-13H,4,14-16H2,1-3H3. The molecule has 5 nitrogen and oxygen atoms in total. The van der Waals surface area contributed by atoms with Crippen molar-refractivity contribution in [3.8, 4) is 11.4 Å². The number of thioether (sulfide) groups is 1. The summed E-state index contributed by atoms with van der Waals surface area (Å²) < 4.78 is 1.94. The topological polar surface area (TPSA) is 51.0 Å². The molecule has 28 heavy (non-hydrogen) atoms. The van der Waals surface area contributed by atoms with E-state index in [1.165, 1.54) is 17.3 Å². The van der Waals surface area contributed by atoms with Crippen molar-refractivity contribution in [3.05, 3.63) is 65.7 Å². The minimum absolute atomic E-state index is 0.122. The molecule has 6 heteroatoms. The molecular formula is C22H26N4OS. The zero-order valence-corrected chi connectivity index (χ0v) is 17.4. The average molecular weight is 395 g/mol. The van der Waals surface area contributed by atoms with Crippen molar-refractivity contribution in [2.75, 3.05) is 12.3 Å². The second-order valence-electron chi connectivity index (χ2n) is 6.82. The Bertz CT molecular complexity index is 906. The van der Waals surface area contributed by atoms with Gasteiger partial charge in [0.15, 0.2) is 11.0 Å². The number of carbonyl (C=O) groups excluding carboxylic acids is 1. The van der Waals surface area contributed by atoms with Gasteiger partial charge in [0.1, 0.15) is 0 Å². The lowest BCUT2D eigenvalue weighted by Gasteiger charge is -2.22. The molecule has 0 saturated carbocycles. The number of rotatable bonds is 8. The predicted octanol–water partition coefficient (Wildman–Crippen LogP) is 4.32. The lowest BCUT2D eigenvalue weighted by molar-refractivity contribution is -0.129. The summed E-state index contributed by atoms with van der Waals surface area (Å²) in [4.78, 5) is 14.7. The molecule has 3 aromatic rings. The van der Waals surface area contributed by atoms with E-state index in [2.05, 4.69) is 48.3 Å². The van der Waals surface area contributed by atoms with Crippen molar-refractivity contribution in [2.45, 2.75) is 32.0 Å². The molecule has 0 spiro atoms. The Morgan fingerprint density at radius 3 is 2.46 bits per heavy atom. The first kappa shape index (κ1) is 20.1. The molecule has 0 unspecified atom stereocenters. The van der Waals surface area contributed by atoms with Crippen molar-refractivity contribution in [1.82, 2.24) is 19.7 Å². The summed E-state index contributed by atoms with van der Waals surface area (Å²) in [7, 11) is 1.94. The molecule has 0 saturated heterocycles. The van der Waals surface area contributed by atoms with Crippen LogP contribution in [0.1, 0.15) is 24.5 Å². The number of nitrogens with zero attached hydrogens (tertiary/aromatic N) is 4. The highest BCUT2D eigenvalue weighted by molar-refractivity contribution is 7.99. The fourth-order valence-corrected chi connectivity index (χ4v) is 3.79. The van der Waals surface area contributed by atoms with Crippen molar-refractivity contribution in [3.63, 3.8) is 0 Å². The third-order valence-electron chi connectivity index (χ3n) is 4.53. The number of benzene rings is 2. The molecule has 146 valence electrons. The maximum atomic E-state index is 12.8. The van der Waals surface area contributed by atoms with Crippen LogP contribution in [0.4, 0.5) is 0 Å². The summed E-state index contributed by atoms with van der Waals surface area (Å²) in [6.45, 7) is 5.56. The minimum Gasteiger partial charge on any atom is -0.338 e. The highest BCUT2D eigenvalue weighted by atomic mass is 32.2.